The first-order valence-corrected chi connectivity index (χ1v) is 6.20. The van der Waals surface area contributed by atoms with E-state index in [1.807, 2.05) is 0 Å². The summed E-state index contributed by atoms with van der Waals surface area (Å²) >= 11 is -0.239. The lowest BCUT2D eigenvalue weighted by Crippen LogP contribution is -2.36. The molecule has 0 saturated carbocycles. The van der Waals surface area contributed by atoms with Crippen molar-refractivity contribution >= 4 is 17.5 Å². The second kappa shape index (κ2) is 4.26. The van der Waals surface area contributed by atoms with E-state index in [4.69, 9.17) is 10.5 Å². The Morgan fingerprint density at radius 3 is 2.53 bits per heavy atom. The lowest BCUT2D eigenvalue weighted by Gasteiger charge is -2.32. The molecule has 1 aliphatic heterocycles. The van der Waals surface area contributed by atoms with Crippen LogP contribution in [0.5, 0.6) is 5.75 Å². The number of benzene rings is 1. The Morgan fingerprint density at radius 2 is 1.95 bits per heavy atom. The zero-order chi connectivity index (χ0) is 14.4. The number of hydrogen-bond donors (Lipinski definition) is 2. The van der Waals surface area contributed by atoms with E-state index < -0.39 is 11.1 Å². The fourth-order valence-corrected chi connectivity index (χ4v) is 2.36. The van der Waals surface area contributed by atoms with Gasteiger partial charge in [0.15, 0.2) is 11.4 Å². The van der Waals surface area contributed by atoms with Crippen LogP contribution in [-0.2, 0) is 0 Å². The van der Waals surface area contributed by atoms with Crippen LogP contribution in [0, 0.1) is 0 Å². The molecule has 104 valence electrons. The maximum atomic E-state index is 12.3. The molecule has 1 aromatic rings. The Kier molecular flexibility index (Phi) is 3.12. The minimum Gasteiger partial charge on any atom is -0.506 e. The van der Waals surface area contributed by atoms with E-state index >= 15 is 0 Å². The molecule has 0 aromatic heterocycles. The molecular weight excluding hydrogens is 279 g/mol. The second-order valence-electron chi connectivity index (χ2n) is 4.58. The Hall–Kier alpha value is -1.50. The number of rotatable bonds is 1. The van der Waals surface area contributed by atoms with E-state index in [-0.39, 0.29) is 33.7 Å². The number of thioether (sulfide) groups is 1. The predicted octanol–water partition coefficient (Wildman–Crippen LogP) is 3.65. The van der Waals surface area contributed by atoms with E-state index in [0.29, 0.717) is 5.75 Å². The van der Waals surface area contributed by atoms with Crippen molar-refractivity contribution in [2.45, 2.75) is 29.9 Å². The van der Waals surface area contributed by atoms with Gasteiger partial charge in [-0.15, -0.1) is 0 Å². The Morgan fingerprint density at radius 1 is 1.32 bits per heavy atom. The molecule has 0 spiro atoms. The lowest BCUT2D eigenvalue weighted by atomic mass is 9.97. The summed E-state index contributed by atoms with van der Waals surface area (Å²) in [7, 11) is 0. The quantitative estimate of drug-likeness (QED) is 0.775. The average Bonchev–Trinajstić information content (AvgIpc) is 2.25. The third kappa shape index (κ3) is 2.75. The van der Waals surface area contributed by atoms with Crippen LogP contribution in [0.25, 0.3) is 5.70 Å². The second-order valence-corrected chi connectivity index (χ2v) is 5.72. The zero-order valence-corrected chi connectivity index (χ0v) is 11.0. The van der Waals surface area contributed by atoms with Crippen molar-refractivity contribution < 1.29 is 23.0 Å². The van der Waals surface area contributed by atoms with Crippen molar-refractivity contribution in [3.8, 4) is 5.75 Å². The summed E-state index contributed by atoms with van der Waals surface area (Å²) in [5, 5.41) is 9.88. The summed E-state index contributed by atoms with van der Waals surface area (Å²) < 4.78 is 42.4. The van der Waals surface area contributed by atoms with Gasteiger partial charge in [0.1, 0.15) is 5.75 Å². The van der Waals surface area contributed by atoms with Gasteiger partial charge in [-0.3, -0.25) is 0 Å². The SMILES string of the molecule is CC1(C)Oc2ccc(SC(F)(F)F)cc2C(N)=C1O. The van der Waals surface area contributed by atoms with Crippen LogP contribution in [0.1, 0.15) is 19.4 Å². The number of nitrogens with two attached hydrogens (primary N) is 1. The molecule has 0 amide bonds. The van der Waals surface area contributed by atoms with Gasteiger partial charge in [-0.05, 0) is 43.8 Å². The van der Waals surface area contributed by atoms with Crippen LogP contribution in [0.4, 0.5) is 13.2 Å². The van der Waals surface area contributed by atoms with Crippen LogP contribution < -0.4 is 10.5 Å². The molecule has 0 bridgehead atoms. The number of hydrogen-bond acceptors (Lipinski definition) is 4. The van der Waals surface area contributed by atoms with Gasteiger partial charge >= 0.3 is 5.51 Å². The van der Waals surface area contributed by atoms with Gasteiger partial charge in [0.25, 0.3) is 0 Å². The van der Waals surface area contributed by atoms with Gasteiger partial charge in [-0.2, -0.15) is 13.2 Å². The van der Waals surface area contributed by atoms with Gasteiger partial charge in [0.05, 0.1) is 5.70 Å². The van der Waals surface area contributed by atoms with Crippen molar-refractivity contribution in [1.29, 1.82) is 0 Å². The van der Waals surface area contributed by atoms with E-state index in [1.54, 1.807) is 13.8 Å². The molecular formula is C12H12F3NO2S. The van der Waals surface area contributed by atoms with Gasteiger partial charge in [-0.25, -0.2) is 0 Å². The summed E-state index contributed by atoms with van der Waals surface area (Å²) in [5.41, 5.74) is 0.703. The topological polar surface area (TPSA) is 55.5 Å². The first-order chi connectivity index (χ1) is 8.60. The van der Waals surface area contributed by atoms with Crippen molar-refractivity contribution in [3.05, 3.63) is 29.5 Å². The summed E-state index contributed by atoms with van der Waals surface area (Å²) in [5.74, 6) is 0.168. The van der Waals surface area contributed by atoms with Gasteiger partial charge in [0.2, 0.25) is 0 Å². The number of alkyl halides is 3. The van der Waals surface area contributed by atoms with Crippen molar-refractivity contribution in [2.75, 3.05) is 0 Å². The molecule has 1 aliphatic rings. The maximum Gasteiger partial charge on any atom is 0.446 e. The maximum absolute atomic E-state index is 12.3. The van der Waals surface area contributed by atoms with Gasteiger partial charge < -0.3 is 15.6 Å². The summed E-state index contributed by atoms with van der Waals surface area (Å²) in [6.45, 7) is 3.24. The Balaban J connectivity index is 2.45. The highest BCUT2D eigenvalue weighted by atomic mass is 32.2. The zero-order valence-electron chi connectivity index (χ0n) is 10.2. The number of aliphatic hydroxyl groups excluding tert-OH is 1. The van der Waals surface area contributed by atoms with Crippen LogP contribution in [0.3, 0.4) is 0 Å². The average molecular weight is 291 g/mol. The first kappa shape index (κ1) is 13.9. The number of aliphatic hydroxyl groups is 1. The molecule has 1 aromatic carbocycles. The van der Waals surface area contributed by atoms with Crippen LogP contribution >= 0.6 is 11.8 Å². The molecule has 0 saturated heterocycles. The number of ether oxygens (including phenoxy) is 1. The molecule has 7 heteroatoms. The van der Waals surface area contributed by atoms with E-state index in [0.717, 1.165) is 0 Å². The summed E-state index contributed by atoms with van der Waals surface area (Å²) in [6, 6.07) is 3.99. The van der Waals surface area contributed by atoms with Gasteiger partial charge in [0, 0.05) is 10.5 Å². The predicted molar refractivity (Wildman–Crippen MR) is 66.8 cm³/mol. The largest absolute Gasteiger partial charge is 0.506 e. The van der Waals surface area contributed by atoms with E-state index in [2.05, 4.69) is 0 Å². The molecule has 2 rings (SSSR count). The minimum absolute atomic E-state index is 0.00898. The molecule has 0 atom stereocenters. The standard InChI is InChI=1S/C12H12F3NO2S/c1-11(2)10(17)9(16)7-5-6(19-12(13,14)15)3-4-8(7)18-11/h3-5,17H,16H2,1-2H3. The molecule has 0 aliphatic carbocycles. The molecule has 3 nitrogen and oxygen atoms in total. The van der Waals surface area contributed by atoms with Crippen molar-refractivity contribution in [3.63, 3.8) is 0 Å². The highest BCUT2D eigenvalue weighted by Crippen LogP contribution is 2.42. The molecule has 19 heavy (non-hydrogen) atoms. The summed E-state index contributed by atoms with van der Waals surface area (Å²) in [4.78, 5) is -0.00898. The molecule has 0 radical (unpaired) electrons. The Bertz CT molecular complexity index is 552. The van der Waals surface area contributed by atoms with E-state index in [1.165, 1.54) is 18.2 Å². The summed E-state index contributed by atoms with van der Waals surface area (Å²) in [6.07, 6.45) is 0. The van der Waals surface area contributed by atoms with Crippen molar-refractivity contribution in [2.24, 2.45) is 5.73 Å². The third-order valence-corrected chi connectivity index (χ3v) is 3.39. The van der Waals surface area contributed by atoms with Crippen LogP contribution in [0.2, 0.25) is 0 Å². The van der Waals surface area contributed by atoms with Gasteiger partial charge in [-0.1, -0.05) is 0 Å². The first-order valence-electron chi connectivity index (χ1n) is 5.38. The monoisotopic (exact) mass is 291 g/mol. The fourth-order valence-electron chi connectivity index (χ4n) is 1.78. The highest BCUT2D eigenvalue weighted by molar-refractivity contribution is 8.00. The Labute approximate surface area is 112 Å². The third-order valence-electron chi connectivity index (χ3n) is 2.67. The molecule has 0 fully saturated rings. The number of halogens is 3. The minimum atomic E-state index is -4.37. The molecule has 3 N–H and O–H groups in total. The fraction of sp³-hybridized carbons (Fsp3) is 0.333. The van der Waals surface area contributed by atoms with Crippen molar-refractivity contribution in [1.82, 2.24) is 0 Å². The van der Waals surface area contributed by atoms with E-state index in [9.17, 15) is 18.3 Å². The normalized spacial score (nSPS) is 17.9. The van der Waals surface area contributed by atoms with Crippen LogP contribution in [0.15, 0.2) is 28.9 Å². The molecule has 1 heterocycles. The van der Waals surface area contributed by atoms with Crippen LogP contribution in [-0.4, -0.2) is 16.2 Å². The number of fused-ring (bicyclic) bond motifs is 1. The smallest absolute Gasteiger partial charge is 0.446 e. The lowest BCUT2D eigenvalue weighted by molar-refractivity contribution is -0.0328. The highest BCUT2D eigenvalue weighted by Gasteiger charge is 2.35. The molecule has 0 unspecified atom stereocenters.